The van der Waals surface area contributed by atoms with Crippen molar-refractivity contribution in [3.05, 3.63) is 192 Å². The van der Waals surface area contributed by atoms with Crippen LogP contribution in [-0.4, -0.2) is 15.0 Å². The molecule has 0 N–H and O–H groups in total. The summed E-state index contributed by atoms with van der Waals surface area (Å²) in [7, 11) is 0. The fourth-order valence-electron chi connectivity index (χ4n) is 7.02. The van der Waals surface area contributed by atoms with Gasteiger partial charge in [0.25, 0.3) is 0 Å². The molecule has 5 aromatic carbocycles. The second kappa shape index (κ2) is 11.5. The van der Waals surface area contributed by atoms with Crippen molar-refractivity contribution in [1.29, 1.82) is 0 Å². The van der Waals surface area contributed by atoms with Crippen LogP contribution in [0.15, 0.2) is 164 Å². The Labute approximate surface area is 269 Å². The largest absolute Gasteiger partial charge is 0.265 e. The van der Waals surface area contributed by atoms with Gasteiger partial charge in [0, 0.05) is 29.1 Å². The Morgan fingerprint density at radius 1 is 0.522 bits per heavy atom. The first-order valence-corrected chi connectivity index (χ1v) is 15.6. The highest BCUT2D eigenvalue weighted by Gasteiger charge is 2.47. The zero-order chi connectivity index (χ0) is 30.9. The van der Waals surface area contributed by atoms with Gasteiger partial charge in [-0.05, 0) is 64.1 Å². The lowest BCUT2D eigenvalue weighted by Gasteiger charge is -2.33. The molecule has 0 saturated heterocycles. The molecule has 3 heteroatoms. The summed E-state index contributed by atoms with van der Waals surface area (Å²) in [4.78, 5) is 14.9. The normalized spacial score (nSPS) is 15.1. The van der Waals surface area contributed by atoms with Crippen LogP contribution in [0.5, 0.6) is 0 Å². The standard InChI is InChI=1S/C43H31N3/c1-2-12-30-21-23-32(24-22-30)40-29-39(31-13-5-3-6-14-31)45-42(46-40)36-18-11-20-38-41(36)35-17-9-10-19-37(35)43(38,33-15-7-4-8-16-33)34-25-27-44-28-26-34/h2-29H,1H3/b12-2+. The molecule has 1 atom stereocenters. The number of pyridine rings is 1. The molecule has 7 aromatic rings. The minimum Gasteiger partial charge on any atom is -0.265 e. The van der Waals surface area contributed by atoms with Crippen molar-refractivity contribution in [2.45, 2.75) is 12.3 Å². The number of rotatable bonds is 6. The molecule has 0 bridgehead atoms. The molecule has 2 aromatic heterocycles. The van der Waals surface area contributed by atoms with Gasteiger partial charge in [-0.3, -0.25) is 4.98 Å². The van der Waals surface area contributed by atoms with Crippen molar-refractivity contribution in [2.75, 3.05) is 0 Å². The Morgan fingerprint density at radius 3 is 1.83 bits per heavy atom. The second-order valence-corrected chi connectivity index (χ2v) is 11.6. The van der Waals surface area contributed by atoms with E-state index in [4.69, 9.17) is 9.97 Å². The van der Waals surface area contributed by atoms with Gasteiger partial charge in [0.15, 0.2) is 5.82 Å². The fraction of sp³-hybridized carbons (Fsp3) is 0.0465. The number of hydrogen-bond acceptors (Lipinski definition) is 3. The first kappa shape index (κ1) is 27.6. The summed E-state index contributed by atoms with van der Waals surface area (Å²) in [6, 6.07) is 51.5. The molecular formula is C43H31N3. The van der Waals surface area contributed by atoms with Gasteiger partial charge < -0.3 is 0 Å². The van der Waals surface area contributed by atoms with Crippen molar-refractivity contribution >= 4 is 6.08 Å². The summed E-state index contributed by atoms with van der Waals surface area (Å²) in [6.07, 6.45) is 7.95. The fourth-order valence-corrected chi connectivity index (χ4v) is 7.02. The molecule has 218 valence electrons. The molecule has 1 unspecified atom stereocenters. The zero-order valence-electron chi connectivity index (χ0n) is 25.5. The van der Waals surface area contributed by atoms with Crippen molar-refractivity contribution in [2.24, 2.45) is 0 Å². The van der Waals surface area contributed by atoms with Gasteiger partial charge in [0.2, 0.25) is 0 Å². The number of fused-ring (bicyclic) bond motifs is 3. The highest BCUT2D eigenvalue weighted by molar-refractivity contribution is 5.94. The van der Waals surface area contributed by atoms with E-state index < -0.39 is 5.41 Å². The lowest BCUT2D eigenvalue weighted by molar-refractivity contribution is 0.766. The van der Waals surface area contributed by atoms with Crippen molar-refractivity contribution in [1.82, 2.24) is 15.0 Å². The average molecular weight is 590 g/mol. The SMILES string of the molecule is C/C=C/c1ccc(-c2cc(-c3ccccc3)nc(-c3cccc4c3-c3ccccc3C4(c3ccccc3)c3ccncc3)n2)cc1. The number of benzene rings is 5. The smallest absolute Gasteiger partial charge is 0.161 e. The van der Waals surface area contributed by atoms with Crippen LogP contribution in [0.4, 0.5) is 0 Å². The van der Waals surface area contributed by atoms with Crippen LogP contribution in [-0.2, 0) is 5.41 Å². The van der Waals surface area contributed by atoms with E-state index in [-0.39, 0.29) is 0 Å². The molecular weight excluding hydrogens is 558 g/mol. The maximum atomic E-state index is 5.28. The topological polar surface area (TPSA) is 38.7 Å². The molecule has 0 saturated carbocycles. The van der Waals surface area contributed by atoms with E-state index in [0.29, 0.717) is 5.82 Å². The van der Waals surface area contributed by atoms with E-state index in [2.05, 4.69) is 157 Å². The van der Waals surface area contributed by atoms with Crippen LogP contribution >= 0.6 is 0 Å². The Bertz CT molecular complexity index is 2150. The third-order valence-corrected chi connectivity index (χ3v) is 8.99. The maximum absolute atomic E-state index is 5.28. The Balaban J connectivity index is 1.42. The molecule has 1 aliphatic rings. The number of allylic oxidation sites excluding steroid dienone is 1. The van der Waals surface area contributed by atoms with Crippen LogP contribution in [0.25, 0.3) is 51.1 Å². The molecule has 1 aliphatic carbocycles. The Morgan fingerprint density at radius 2 is 1.11 bits per heavy atom. The Kier molecular flexibility index (Phi) is 6.92. The summed E-state index contributed by atoms with van der Waals surface area (Å²) in [5.74, 6) is 0.708. The Hall–Kier alpha value is -5.93. The van der Waals surface area contributed by atoms with E-state index in [1.54, 1.807) is 0 Å². The summed E-state index contributed by atoms with van der Waals surface area (Å²) < 4.78 is 0. The molecule has 0 amide bonds. The highest BCUT2D eigenvalue weighted by atomic mass is 14.9. The molecule has 2 heterocycles. The third-order valence-electron chi connectivity index (χ3n) is 8.99. The summed E-state index contributed by atoms with van der Waals surface area (Å²) >= 11 is 0. The van der Waals surface area contributed by atoms with E-state index in [1.807, 2.05) is 25.4 Å². The number of aromatic nitrogens is 3. The van der Waals surface area contributed by atoms with Crippen LogP contribution in [0.3, 0.4) is 0 Å². The quantitative estimate of drug-likeness (QED) is 0.194. The van der Waals surface area contributed by atoms with Gasteiger partial charge in [-0.15, -0.1) is 0 Å². The minimum absolute atomic E-state index is 0.519. The molecule has 0 spiro atoms. The summed E-state index contributed by atoms with van der Waals surface area (Å²) in [6.45, 7) is 2.04. The molecule has 8 rings (SSSR count). The number of hydrogen-bond donors (Lipinski definition) is 0. The highest BCUT2D eigenvalue weighted by Crippen LogP contribution is 2.57. The molecule has 0 fully saturated rings. The molecule has 0 radical (unpaired) electrons. The zero-order valence-corrected chi connectivity index (χ0v) is 25.5. The van der Waals surface area contributed by atoms with Crippen LogP contribution in [0, 0.1) is 0 Å². The van der Waals surface area contributed by atoms with Crippen molar-refractivity contribution in [3.63, 3.8) is 0 Å². The second-order valence-electron chi connectivity index (χ2n) is 11.6. The van der Waals surface area contributed by atoms with Crippen LogP contribution in [0.2, 0.25) is 0 Å². The van der Waals surface area contributed by atoms with Crippen LogP contribution < -0.4 is 0 Å². The van der Waals surface area contributed by atoms with E-state index in [0.717, 1.165) is 33.6 Å². The first-order chi connectivity index (χ1) is 22.8. The van der Waals surface area contributed by atoms with Gasteiger partial charge in [0.1, 0.15) is 0 Å². The van der Waals surface area contributed by atoms with Crippen molar-refractivity contribution in [3.8, 4) is 45.0 Å². The molecule has 0 aliphatic heterocycles. The predicted octanol–water partition coefficient (Wildman–Crippen LogP) is 10.3. The van der Waals surface area contributed by atoms with Gasteiger partial charge >= 0.3 is 0 Å². The third kappa shape index (κ3) is 4.48. The van der Waals surface area contributed by atoms with E-state index in [1.165, 1.54) is 33.4 Å². The monoisotopic (exact) mass is 589 g/mol. The van der Waals surface area contributed by atoms with Gasteiger partial charge in [-0.2, -0.15) is 0 Å². The number of nitrogens with zero attached hydrogens (tertiary/aromatic N) is 3. The minimum atomic E-state index is -0.519. The predicted molar refractivity (Wildman–Crippen MR) is 188 cm³/mol. The van der Waals surface area contributed by atoms with Crippen molar-refractivity contribution < 1.29 is 0 Å². The van der Waals surface area contributed by atoms with Crippen LogP contribution in [0.1, 0.15) is 34.7 Å². The lowest BCUT2D eigenvalue weighted by Crippen LogP contribution is -2.28. The van der Waals surface area contributed by atoms with Gasteiger partial charge in [-0.25, -0.2) is 9.97 Å². The summed E-state index contributed by atoms with van der Waals surface area (Å²) in [5, 5.41) is 0. The average Bonchev–Trinajstić information content (AvgIpc) is 3.44. The lowest BCUT2D eigenvalue weighted by atomic mass is 9.68. The van der Waals surface area contributed by atoms with Gasteiger partial charge in [-0.1, -0.05) is 140 Å². The van der Waals surface area contributed by atoms with E-state index >= 15 is 0 Å². The van der Waals surface area contributed by atoms with E-state index in [9.17, 15) is 0 Å². The maximum Gasteiger partial charge on any atom is 0.161 e. The summed E-state index contributed by atoms with van der Waals surface area (Å²) in [5.41, 5.74) is 12.8. The molecule has 46 heavy (non-hydrogen) atoms. The van der Waals surface area contributed by atoms with Gasteiger partial charge in [0.05, 0.1) is 16.8 Å². The first-order valence-electron chi connectivity index (χ1n) is 15.6. The molecule has 3 nitrogen and oxygen atoms in total.